The van der Waals surface area contributed by atoms with Crippen molar-refractivity contribution in [2.75, 3.05) is 18.3 Å². The van der Waals surface area contributed by atoms with Crippen LogP contribution in [-0.2, 0) is 16.4 Å². The Hall–Kier alpha value is -2.90. The first kappa shape index (κ1) is 20.8. The summed E-state index contributed by atoms with van der Waals surface area (Å²) in [5.41, 5.74) is 1.37. The summed E-state index contributed by atoms with van der Waals surface area (Å²) in [6, 6.07) is 18.0. The van der Waals surface area contributed by atoms with Crippen molar-refractivity contribution in [3.05, 3.63) is 89.2 Å². The number of pyridine rings is 1. The second kappa shape index (κ2) is 9.07. The van der Waals surface area contributed by atoms with Gasteiger partial charge < -0.3 is 4.90 Å². The van der Waals surface area contributed by atoms with Crippen LogP contribution in [-0.4, -0.2) is 37.8 Å². The second-order valence-corrected chi connectivity index (χ2v) is 8.52. The number of benzene rings is 2. The zero-order valence-electron chi connectivity index (χ0n) is 15.7. The molecular formula is C21H20ClN3O3S. The fourth-order valence-corrected chi connectivity index (χ4v) is 3.92. The zero-order chi connectivity index (χ0) is 20.9. The smallest absolute Gasteiger partial charge is 0.261 e. The number of nitrogens with zero attached hydrogens (tertiary/aromatic N) is 2. The number of rotatable bonds is 7. The van der Waals surface area contributed by atoms with Crippen LogP contribution in [0.5, 0.6) is 0 Å². The van der Waals surface area contributed by atoms with Crippen molar-refractivity contribution in [3.8, 4) is 0 Å². The van der Waals surface area contributed by atoms with E-state index in [1.54, 1.807) is 42.4 Å². The van der Waals surface area contributed by atoms with Crippen molar-refractivity contribution in [2.45, 2.75) is 11.3 Å². The minimum atomic E-state index is -3.86. The predicted octanol–water partition coefficient (Wildman–Crippen LogP) is 3.85. The summed E-state index contributed by atoms with van der Waals surface area (Å²) in [7, 11) is -2.18. The van der Waals surface area contributed by atoms with E-state index >= 15 is 0 Å². The predicted molar refractivity (Wildman–Crippen MR) is 114 cm³/mol. The lowest BCUT2D eigenvalue weighted by molar-refractivity contribution is 0.0797. The Morgan fingerprint density at radius 2 is 1.72 bits per heavy atom. The summed E-state index contributed by atoms with van der Waals surface area (Å²) in [5.74, 6) is -0.282. The van der Waals surface area contributed by atoms with E-state index in [4.69, 9.17) is 11.6 Å². The third-order valence-corrected chi connectivity index (χ3v) is 5.94. The summed E-state index contributed by atoms with van der Waals surface area (Å²) in [4.78, 5) is 18.8. The molecule has 1 N–H and O–H groups in total. The van der Waals surface area contributed by atoms with Crippen LogP contribution in [0.1, 0.15) is 16.1 Å². The van der Waals surface area contributed by atoms with E-state index in [9.17, 15) is 13.2 Å². The molecule has 0 fully saturated rings. The fourth-order valence-electron chi connectivity index (χ4n) is 2.71. The van der Waals surface area contributed by atoms with Crippen molar-refractivity contribution in [3.63, 3.8) is 0 Å². The van der Waals surface area contributed by atoms with Crippen molar-refractivity contribution in [1.82, 2.24) is 9.88 Å². The molecular weight excluding hydrogens is 410 g/mol. The maximum atomic E-state index is 12.9. The lowest BCUT2D eigenvalue weighted by atomic mass is 10.1. The van der Waals surface area contributed by atoms with Crippen LogP contribution < -0.4 is 4.72 Å². The summed E-state index contributed by atoms with van der Waals surface area (Å²) in [5, 5.41) is 0.439. The largest absolute Gasteiger partial charge is 0.341 e. The molecule has 0 aliphatic heterocycles. The normalized spacial score (nSPS) is 11.1. The average molecular weight is 430 g/mol. The standard InChI is InChI=1S/C21H20ClN3O3S/c1-25(15-13-17-6-4-5-14-23-17)21(26)19-7-2-3-8-20(19)24-29(27,28)18-11-9-16(22)10-12-18/h2-12,14,24H,13,15H2,1H3. The molecule has 0 aliphatic carbocycles. The molecule has 0 saturated heterocycles. The van der Waals surface area contributed by atoms with Gasteiger partial charge >= 0.3 is 0 Å². The quantitative estimate of drug-likeness (QED) is 0.618. The van der Waals surface area contributed by atoms with E-state index in [0.717, 1.165) is 5.69 Å². The van der Waals surface area contributed by atoms with Gasteiger partial charge in [-0.05, 0) is 48.5 Å². The number of anilines is 1. The SMILES string of the molecule is CN(CCc1ccccn1)C(=O)c1ccccc1NS(=O)(=O)c1ccc(Cl)cc1. The number of carbonyl (C=O) groups is 1. The molecule has 0 aliphatic rings. The third-order valence-electron chi connectivity index (χ3n) is 4.30. The Morgan fingerprint density at radius 3 is 2.41 bits per heavy atom. The first-order valence-electron chi connectivity index (χ1n) is 8.89. The molecule has 3 rings (SSSR count). The van der Waals surface area contributed by atoms with Crippen molar-refractivity contribution in [1.29, 1.82) is 0 Å². The van der Waals surface area contributed by atoms with E-state index in [1.165, 1.54) is 24.3 Å². The number of halogens is 1. The van der Waals surface area contributed by atoms with Gasteiger partial charge in [-0.2, -0.15) is 0 Å². The van der Waals surface area contributed by atoms with E-state index in [-0.39, 0.29) is 22.1 Å². The van der Waals surface area contributed by atoms with Gasteiger partial charge in [-0.25, -0.2) is 8.42 Å². The molecule has 3 aromatic rings. The van der Waals surface area contributed by atoms with Gasteiger partial charge in [-0.3, -0.25) is 14.5 Å². The van der Waals surface area contributed by atoms with Gasteiger partial charge in [0, 0.05) is 36.9 Å². The highest BCUT2D eigenvalue weighted by molar-refractivity contribution is 7.92. The average Bonchev–Trinajstić information content (AvgIpc) is 2.72. The molecule has 6 nitrogen and oxygen atoms in total. The van der Waals surface area contributed by atoms with E-state index in [0.29, 0.717) is 18.0 Å². The first-order valence-corrected chi connectivity index (χ1v) is 10.8. The van der Waals surface area contributed by atoms with Crippen LogP contribution in [0.15, 0.2) is 77.8 Å². The van der Waals surface area contributed by atoms with E-state index in [1.807, 2.05) is 18.2 Å². The van der Waals surface area contributed by atoms with Gasteiger partial charge in [0.2, 0.25) is 0 Å². The Bertz CT molecular complexity index is 1090. The van der Waals surface area contributed by atoms with Crippen LogP contribution >= 0.6 is 11.6 Å². The monoisotopic (exact) mass is 429 g/mol. The molecule has 1 aromatic heterocycles. The van der Waals surface area contributed by atoms with E-state index < -0.39 is 10.0 Å². The maximum Gasteiger partial charge on any atom is 0.261 e. The minimum absolute atomic E-state index is 0.0626. The molecule has 2 aromatic carbocycles. The molecule has 1 amide bonds. The van der Waals surface area contributed by atoms with Gasteiger partial charge in [0.05, 0.1) is 16.1 Å². The number of likely N-dealkylation sites (N-methyl/N-ethyl adjacent to an activating group) is 1. The van der Waals surface area contributed by atoms with Crippen LogP contribution in [0.2, 0.25) is 5.02 Å². The molecule has 8 heteroatoms. The topological polar surface area (TPSA) is 79.4 Å². The molecule has 29 heavy (non-hydrogen) atoms. The number of amides is 1. The molecule has 0 saturated carbocycles. The Balaban J connectivity index is 1.77. The number of hydrogen-bond acceptors (Lipinski definition) is 4. The van der Waals surface area contributed by atoms with Gasteiger partial charge in [0.15, 0.2) is 0 Å². The number of hydrogen-bond donors (Lipinski definition) is 1. The highest BCUT2D eigenvalue weighted by atomic mass is 35.5. The third kappa shape index (κ3) is 5.34. The van der Waals surface area contributed by atoms with Crippen LogP contribution in [0.4, 0.5) is 5.69 Å². The molecule has 0 radical (unpaired) electrons. The lowest BCUT2D eigenvalue weighted by Gasteiger charge is -2.19. The summed E-state index contributed by atoms with van der Waals surface area (Å²) < 4.78 is 27.9. The highest BCUT2D eigenvalue weighted by Crippen LogP contribution is 2.22. The van der Waals surface area contributed by atoms with Crippen LogP contribution in [0.3, 0.4) is 0 Å². The second-order valence-electron chi connectivity index (χ2n) is 6.40. The van der Waals surface area contributed by atoms with Crippen molar-refractivity contribution in [2.24, 2.45) is 0 Å². The Morgan fingerprint density at radius 1 is 1.03 bits per heavy atom. The van der Waals surface area contributed by atoms with Gasteiger partial charge in [-0.1, -0.05) is 29.8 Å². The number of para-hydroxylation sites is 1. The molecule has 0 spiro atoms. The van der Waals surface area contributed by atoms with Crippen molar-refractivity contribution < 1.29 is 13.2 Å². The van der Waals surface area contributed by atoms with Crippen LogP contribution in [0.25, 0.3) is 0 Å². The van der Waals surface area contributed by atoms with Crippen LogP contribution in [0, 0.1) is 0 Å². The van der Waals surface area contributed by atoms with Gasteiger partial charge in [0.1, 0.15) is 0 Å². The maximum absolute atomic E-state index is 12.9. The molecule has 0 bridgehead atoms. The molecule has 1 heterocycles. The number of nitrogens with one attached hydrogen (secondary N) is 1. The summed E-state index contributed by atoms with van der Waals surface area (Å²) >= 11 is 5.83. The van der Waals surface area contributed by atoms with Gasteiger partial charge in [0.25, 0.3) is 15.9 Å². The number of sulfonamides is 1. The van der Waals surface area contributed by atoms with Crippen molar-refractivity contribution >= 4 is 33.2 Å². The number of carbonyl (C=O) groups excluding carboxylic acids is 1. The summed E-state index contributed by atoms with van der Waals surface area (Å²) in [6.45, 7) is 0.452. The minimum Gasteiger partial charge on any atom is -0.341 e. The zero-order valence-corrected chi connectivity index (χ0v) is 17.3. The molecule has 0 atom stereocenters. The molecule has 150 valence electrons. The first-order chi connectivity index (χ1) is 13.9. The summed E-state index contributed by atoms with van der Waals surface area (Å²) in [6.07, 6.45) is 2.31. The number of aromatic nitrogens is 1. The highest BCUT2D eigenvalue weighted by Gasteiger charge is 2.20. The fraction of sp³-hybridized carbons (Fsp3) is 0.143. The van der Waals surface area contributed by atoms with Gasteiger partial charge in [-0.15, -0.1) is 0 Å². The van der Waals surface area contributed by atoms with E-state index in [2.05, 4.69) is 9.71 Å². The Kier molecular flexibility index (Phi) is 6.51. The Labute approximate surface area is 175 Å². The molecule has 0 unspecified atom stereocenters. The lowest BCUT2D eigenvalue weighted by Crippen LogP contribution is -2.30.